The summed E-state index contributed by atoms with van der Waals surface area (Å²) in [6, 6.07) is 4.03. The zero-order valence-corrected chi connectivity index (χ0v) is 11.3. The van der Waals surface area contributed by atoms with Crippen molar-refractivity contribution in [3.63, 3.8) is 0 Å². The number of aryl methyl sites for hydroxylation is 2. The Bertz CT molecular complexity index is 368. The summed E-state index contributed by atoms with van der Waals surface area (Å²) in [5.74, 6) is -0.232. The van der Waals surface area contributed by atoms with E-state index in [4.69, 9.17) is 4.74 Å². The molecule has 0 saturated heterocycles. The van der Waals surface area contributed by atoms with Crippen LogP contribution in [0.25, 0.3) is 0 Å². The first kappa shape index (κ1) is 13.0. The fraction of sp³-hybridized carbons (Fsp3) is 0.417. The monoisotopic (exact) mass is 285 g/mol. The molecular formula is C12H16BrNO2. The van der Waals surface area contributed by atoms with Gasteiger partial charge >= 0.3 is 5.97 Å². The van der Waals surface area contributed by atoms with Crippen molar-refractivity contribution >= 4 is 27.6 Å². The molecule has 3 nitrogen and oxygen atoms in total. The number of carbonyl (C=O) groups is 1. The summed E-state index contributed by atoms with van der Waals surface area (Å²) in [4.78, 5) is 11.2. The van der Waals surface area contributed by atoms with E-state index >= 15 is 0 Å². The van der Waals surface area contributed by atoms with E-state index in [1.807, 2.05) is 26.0 Å². The first-order chi connectivity index (χ1) is 7.54. The van der Waals surface area contributed by atoms with Crippen LogP contribution in [0, 0.1) is 13.8 Å². The molecule has 0 spiro atoms. The molecule has 88 valence electrons. The van der Waals surface area contributed by atoms with Crippen molar-refractivity contribution in [1.29, 1.82) is 0 Å². The first-order valence-electron chi connectivity index (χ1n) is 5.20. The Hall–Kier alpha value is -1.03. The maximum absolute atomic E-state index is 11.2. The topological polar surface area (TPSA) is 38.3 Å². The van der Waals surface area contributed by atoms with Crippen molar-refractivity contribution in [2.45, 2.75) is 20.8 Å². The third-order valence-corrected chi connectivity index (χ3v) is 2.67. The lowest BCUT2D eigenvalue weighted by Crippen LogP contribution is -2.17. The molecule has 0 saturated carbocycles. The van der Waals surface area contributed by atoms with Gasteiger partial charge in [-0.3, -0.25) is 4.79 Å². The van der Waals surface area contributed by atoms with Crippen LogP contribution in [0.5, 0.6) is 0 Å². The van der Waals surface area contributed by atoms with E-state index in [-0.39, 0.29) is 12.5 Å². The van der Waals surface area contributed by atoms with Crippen molar-refractivity contribution in [2.24, 2.45) is 0 Å². The molecule has 0 atom stereocenters. The third-order valence-electron chi connectivity index (χ3n) is 2.21. The molecule has 0 heterocycles. The number of ether oxygens (including phenoxy) is 1. The Balaban J connectivity index is 2.70. The van der Waals surface area contributed by atoms with Gasteiger partial charge in [-0.15, -0.1) is 0 Å². The van der Waals surface area contributed by atoms with Gasteiger partial charge in [-0.2, -0.15) is 0 Å². The molecule has 1 N–H and O–H groups in total. The number of benzene rings is 1. The summed E-state index contributed by atoms with van der Waals surface area (Å²) in [5.41, 5.74) is 3.21. The Morgan fingerprint density at radius 1 is 1.38 bits per heavy atom. The number of esters is 1. The van der Waals surface area contributed by atoms with Crippen LogP contribution in [0.3, 0.4) is 0 Å². The van der Waals surface area contributed by atoms with E-state index < -0.39 is 0 Å². The van der Waals surface area contributed by atoms with Crippen LogP contribution in [0.15, 0.2) is 16.6 Å². The SMILES string of the molecule is CCOC(=O)CNc1c(C)cc(Br)cc1C. The number of hydrogen-bond donors (Lipinski definition) is 1. The van der Waals surface area contributed by atoms with Gasteiger partial charge in [0.05, 0.1) is 6.61 Å². The average Bonchev–Trinajstić information content (AvgIpc) is 2.16. The molecule has 0 aliphatic heterocycles. The predicted molar refractivity (Wildman–Crippen MR) is 68.7 cm³/mol. The predicted octanol–water partition coefficient (Wildman–Crippen LogP) is 3.04. The van der Waals surface area contributed by atoms with Gasteiger partial charge in [-0.05, 0) is 44.0 Å². The average molecular weight is 286 g/mol. The molecule has 0 radical (unpaired) electrons. The summed E-state index contributed by atoms with van der Waals surface area (Å²) >= 11 is 3.43. The summed E-state index contributed by atoms with van der Waals surface area (Å²) in [6.07, 6.45) is 0. The lowest BCUT2D eigenvalue weighted by atomic mass is 10.1. The summed E-state index contributed by atoms with van der Waals surface area (Å²) in [5, 5.41) is 3.10. The number of hydrogen-bond acceptors (Lipinski definition) is 3. The van der Waals surface area contributed by atoms with Crippen LogP contribution in [0.2, 0.25) is 0 Å². The molecule has 0 aliphatic carbocycles. The molecule has 0 fully saturated rings. The van der Waals surface area contributed by atoms with Gasteiger partial charge in [0.15, 0.2) is 0 Å². The summed E-state index contributed by atoms with van der Waals surface area (Å²) in [6.45, 7) is 6.43. The highest BCUT2D eigenvalue weighted by atomic mass is 79.9. The standard InChI is InChI=1S/C12H16BrNO2/c1-4-16-11(15)7-14-12-8(2)5-10(13)6-9(12)3/h5-6,14H,4,7H2,1-3H3. The molecule has 16 heavy (non-hydrogen) atoms. The zero-order chi connectivity index (χ0) is 12.1. The van der Waals surface area contributed by atoms with Crippen LogP contribution < -0.4 is 5.32 Å². The second-order valence-corrected chi connectivity index (χ2v) is 4.49. The quantitative estimate of drug-likeness (QED) is 0.865. The van der Waals surface area contributed by atoms with E-state index in [2.05, 4.69) is 21.2 Å². The fourth-order valence-electron chi connectivity index (χ4n) is 1.56. The Morgan fingerprint density at radius 2 is 1.94 bits per heavy atom. The molecule has 0 amide bonds. The molecule has 0 aromatic heterocycles. The minimum Gasteiger partial charge on any atom is -0.465 e. The highest BCUT2D eigenvalue weighted by molar-refractivity contribution is 9.10. The summed E-state index contributed by atoms with van der Waals surface area (Å²) < 4.78 is 5.90. The Kier molecular flexibility index (Phi) is 4.80. The van der Waals surface area contributed by atoms with Crippen molar-refractivity contribution in [1.82, 2.24) is 0 Å². The molecule has 0 bridgehead atoms. The van der Waals surface area contributed by atoms with Gasteiger partial charge in [0.1, 0.15) is 6.54 Å². The maximum Gasteiger partial charge on any atom is 0.325 e. The number of carbonyl (C=O) groups excluding carboxylic acids is 1. The van der Waals surface area contributed by atoms with Gasteiger partial charge in [0, 0.05) is 10.2 Å². The minimum absolute atomic E-state index is 0.206. The Morgan fingerprint density at radius 3 is 2.44 bits per heavy atom. The number of rotatable bonds is 4. The van der Waals surface area contributed by atoms with E-state index in [9.17, 15) is 4.79 Å². The van der Waals surface area contributed by atoms with Crippen molar-refractivity contribution in [3.8, 4) is 0 Å². The molecular weight excluding hydrogens is 270 g/mol. The zero-order valence-electron chi connectivity index (χ0n) is 9.76. The van der Waals surface area contributed by atoms with Crippen LogP contribution in [0.4, 0.5) is 5.69 Å². The fourth-order valence-corrected chi connectivity index (χ4v) is 2.25. The van der Waals surface area contributed by atoms with Crippen LogP contribution in [-0.4, -0.2) is 19.1 Å². The highest BCUT2D eigenvalue weighted by Gasteiger charge is 2.06. The normalized spacial score (nSPS) is 10.0. The molecule has 0 aliphatic rings. The van der Waals surface area contributed by atoms with Gasteiger partial charge in [0.25, 0.3) is 0 Å². The molecule has 1 rings (SSSR count). The second-order valence-electron chi connectivity index (χ2n) is 3.57. The molecule has 4 heteroatoms. The van der Waals surface area contributed by atoms with Crippen LogP contribution in [0.1, 0.15) is 18.1 Å². The van der Waals surface area contributed by atoms with Gasteiger partial charge in [-0.1, -0.05) is 15.9 Å². The lowest BCUT2D eigenvalue weighted by molar-refractivity contribution is -0.140. The lowest BCUT2D eigenvalue weighted by Gasteiger charge is -2.12. The van der Waals surface area contributed by atoms with Crippen LogP contribution >= 0.6 is 15.9 Å². The van der Waals surface area contributed by atoms with Crippen molar-refractivity contribution < 1.29 is 9.53 Å². The third kappa shape index (κ3) is 3.52. The number of nitrogens with one attached hydrogen (secondary N) is 1. The summed E-state index contributed by atoms with van der Waals surface area (Å²) in [7, 11) is 0. The largest absolute Gasteiger partial charge is 0.465 e. The van der Waals surface area contributed by atoms with Gasteiger partial charge in [0.2, 0.25) is 0 Å². The minimum atomic E-state index is -0.232. The Labute approximate surface area is 104 Å². The van der Waals surface area contributed by atoms with E-state index in [0.29, 0.717) is 6.61 Å². The second kappa shape index (κ2) is 5.89. The van der Waals surface area contributed by atoms with Gasteiger partial charge < -0.3 is 10.1 Å². The molecule has 0 unspecified atom stereocenters. The number of anilines is 1. The maximum atomic E-state index is 11.2. The van der Waals surface area contributed by atoms with Gasteiger partial charge in [-0.25, -0.2) is 0 Å². The highest BCUT2D eigenvalue weighted by Crippen LogP contribution is 2.24. The van der Waals surface area contributed by atoms with E-state index in [1.165, 1.54) is 0 Å². The molecule has 1 aromatic rings. The van der Waals surface area contributed by atoms with Crippen molar-refractivity contribution in [2.75, 3.05) is 18.5 Å². The van der Waals surface area contributed by atoms with E-state index in [1.54, 1.807) is 6.92 Å². The van der Waals surface area contributed by atoms with Crippen LogP contribution in [-0.2, 0) is 9.53 Å². The van der Waals surface area contributed by atoms with E-state index in [0.717, 1.165) is 21.3 Å². The smallest absolute Gasteiger partial charge is 0.325 e. The number of halogens is 1. The van der Waals surface area contributed by atoms with Crippen molar-refractivity contribution in [3.05, 3.63) is 27.7 Å². The first-order valence-corrected chi connectivity index (χ1v) is 6.00. The molecule has 1 aromatic carbocycles.